The van der Waals surface area contributed by atoms with E-state index < -0.39 is 11.1 Å². The molecular weight excluding hydrogens is 540 g/mol. The zero-order valence-electron chi connectivity index (χ0n) is 27.2. The van der Waals surface area contributed by atoms with Gasteiger partial charge in [-0.25, -0.2) is 0 Å². The number of nitrogens with zero attached hydrogens (tertiary/aromatic N) is 2. The number of carbonyl (C=O) groups is 2. The van der Waals surface area contributed by atoms with Gasteiger partial charge in [0.25, 0.3) is 11.8 Å². The molecule has 44 heavy (non-hydrogen) atoms. The predicted molar refractivity (Wildman–Crippen MR) is 182 cm³/mol. The van der Waals surface area contributed by atoms with Gasteiger partial charge < -0.3 is 4.90 Å². The van der Waals surface area contributed by atoms with Crippen LogP contribution in [-0.2, 0) is 5.41 Å². The van der Waals surface area contributed by atoms with E-state index in [1.54, 1.807) is 0 Å². The molecule has 0 radical (unpaired) electrons. The van der Waals surface area contributed by atoms with Crippen molar-refractivity contribution in [1.82, 2.24) is 0 Å². The summed E-state index contributed by atoms with van der Waals surface area (Å²) >= 11 is 0. The van der Waals surface area contributed by atoms with Gasteiger partial charge in [0.15, 0.2) is 0 Å². The molecule has 0 saturated heterocycles. The molecule has 2 aliphatic heterocycles. The smallest absolute Gasteiger partial charge is 0.259 e. The van der Waals surface area contributed by atoms with Gasteiger partial charge in [0.2, 0.25) is 0 Å². The molecule has 1 atom stereocenters. The lowest BCUT2D eigenvalue weighted by molar-refractivity contribution is 0.0946. The number of anilines is 2. The van der Waals surface area contributed by atoms with E-state index in [1.165, 1.54) is 5.56 Å². The normalized spacial score (nSPS) is 20.0. The summed E-state index contributed by atoms with van der Waals surface area (Å²) in [6.07, 6.45) is 2.95. The van der Waals surface area contributed by atoms with Gasteiger partial charge in [0.05, 0.1) is 11.2 Å². The molecular formula is C40H42N2O2. The molecule has 224 valence electrons. The Labute approximate surface area is 262 Å². The van der Waals surface area contributed by atoms with Crippen molar-refractivity contribution in [2.45, 2.75) is 78.3 Å². The molecule has 2 aliphatic rings. The van der Waals surface area contributed by atoms with E-state index in [-0.39, 0.29) is 17.2 Å². The average molecular weight is 583 g/mol. The van der Waals surface area contributed by atoms with Crippen LogP contribution in [0.5, 0.6) is 0 Å². The SMILES string of the molecule is CC1=CC(C)(C)N(C(=O)c2ccc(C)cc2)c2ccc(C3(C)CC(C)(C)N(C(=O)c4ccc(C)cc4)c4ccccc43)cc21. The first kappa shape index (κ1) is 29.6. The lowest BCUT2D eigenvalue weighted by Gasteiger charge is -2.51. The van der Waals surface area contributed by atoms with Crippen LogP contribution >= 0.6 is 0 Å². The van der Waals surface area contributed by atoms with Crippen LogP contribution in [0.3, 0.4) is 0 Å². The maximum absolute atomic E-state index is 14.0. The lowest BCUT2D eigenvalue weighted by atomic mass is 9.64. The Kier molecular flexibility index (Phi) is 6.96. The van der Waals surface area contributed by atoms with Gasteiger partial charge in [0, 0.05) is 33.3 Å². The van der Waals surface area contributed by atoms with Crippen molar-refractivity contribution in [2.24, 2.45) is 0 Å². The number of amides is 2. The third-order valence-electron chi connectivity index (χ3n) is 9.58. The summed E-state index contributed by atoms with van der Waals surface area (Å²) in [5.74, 6) is 0.00887. The lowest BCUT2D eigenvalue weighted by Crippen LogP contribution is -2.56. The van der Waals surface area contributed by atoms with Crippen molar-refractivity contribution in [3.05, 3.63) is 136 Å². The summed E-state index contributed by atoms with van der Waals surface area (Å²) in [5.41, 5.74) is 8.72. The minimum Gasteiger partial charge on any atom is -0.302 e. The van der Waals surface area contributed by atoms with Crippen molar-refractivity contribution in [3.63, 3.8) is 0 Å². The largest absolute Gasteiger partial charge is 0.302 e. The number of rotatable bonds is 3. The summed E-state index contributed by atoms with van der Waals surface area (Å²) in [7, 11) is 0. The Balaban J connectivity index is 1.46. The molecule has 6 rings (SSSR count). The van der Waals surface area contributed by atoms with E-state index in [4.69, 9.17) is 0 Å². The number of benzene rings is 4. The summed E-state index contributed by atoms with van der Waals surface area (Å²) in [4.78, 5) is 32.0. The second kappa shape index (κ2) is 10.3. The maximum atomic E-state index is 14.0. The first-order chi connectivity index (χ1) is 20.7. The average Bonchev–Trinajstić information content (AvgIpc) is 2.96. The molecule has 0 fully saturated rings. The standard InChI is InChI=1S/C40H42N2O2/c1-26-13-17-29(18-14-26)36(43)41-34-22-21-31(23-32(34)28(3)24-38(41,4)5)40(8)25-39(6,7)42(35-12-10-9-11-33(35)40)37(44)30-19-15-27(2)16-20-30/h9-24H,25H2,1-8H3. The first-order valence-corrected chi connectivity index (χ1v) is 15.5. The van der Waals surface area contributed by atoms with Crippen LogP contribution in [0.4, 0.5) is 11.4 Å². The summed E-state index contributed by atoms with van der Waals surface area (Å²) in [6.45, 7) is 17.0. The van der Waals surface area contributed by atoms with E-state index in [0.717, 1.165) is 45.6 Å². The molecule has 0 aliphatic carbocycles. The molecule has 0 saturated carbocycles. The maximum Gasteiger partial charge on any atom is 0.259 e. The monoisotopic (exact) mass is 582 g/mol. The minimum atomic E-state index is -0.485. The van der Waals surface area contributed by atoms with Crippen LogP contribution in [0.15, 0.2) is 97.1 Å². The minimum absolute atomic E-state index is 0.00614. The molecule has 0 N–H and O–H groups in total. The summed E-state index contributed by atoms with van der Waals surface area (Å²) < 4.78 is 0. The van der Waals surface area contributed by atoms with Crippen LogP contribution < -0.4 is 9.80 Å². The predicted octanol–water partition coefficient (Wildman–Crippen LogP) is 9.28. The van der Waals surface area contributed by atoms with Gasteiger partial charge in [-0.3, -0.25) is 14.5 Å². The quantitative estimate of drug-likeness (QED) is 0.242. The highest BCUT2D eigenvalue weighted by molar-refractivity contribution is 6.10. The topological polar surface area (TPSA) is 40.6 Å². The molecule has 0 bridgehead atoms. The molecule has 2 heterocycles. The summed E-state index contributed by atoms with van der Waals surface area (Å²) in [6, 6.07) is 30.6. The number of carbonyl (C=O) groups excluding carboxylic acids is 2. The Morgan fingerprint density at radius 3 is 1.77 bits per heavy atom. The van der Waals surface area contributed by atoms with E-state index >= 15 is 0 Å². The van der Waals surface area contributed by atoms with Crippen molar-refractivity contribution >= 4 is 28.8 Å². The molecule has 1 unspecified atom stereocenters. The zero-order valence-corrected chi connectivity index (χ0v) is 27.2. The second-order valence-electron chi connectivity index (χ2n) is 14.1. The molecule has 0 spiro atoms. The molecule has 4 aromatic carbocycles. The number of allylic oxidation sites excluding steroid dienone is 1. The van der Waals surface area contributed by atoms with Gasteiger partial charge in [-0.05, 0) is 114 Å². The number of hydrogen-bond donors (Lipinski definition) is 0. The van der Waals surface area contributed by atoms with Gasteiger partial charge in [-0.2, -0.15) is 0 Å². The molecule has 4 aromatic rings. The van der Waals surface area contributed by atoms with Crippen LogP contribution in [0.1, 0.15) is 96.5 Å². The van der Waals surface area contributed by atoms with Crippen LogP contribution in [0, 0.1) is 13.8 Å². The molecule has 2 amide bonds. The van der Waals surface area contributed by atoms with Crippen LogP contribution in [0.25, 0.3) is 5.57 Å². The summed E-state index contributed by atoms with van der Waals surface area (Å²) in [5, 5.41) is 0. The van der Waals surface area contributed by atoms with E-state index in [0.29, 0.717) is 11.1 Å². The Morgan fingerprint density at radius 2 is 1.18 bits per heavy atom. The highest BCUT2D eigenvalue weighted by Gasteiger charge is 2.48. The fourth-order valence-corrected chi connectivity index (χ4v) is 7.54. The van der Waals surface area contributed by atoms with Gasteiger partial charge >= 0.3 is 0 Å². The Morgan fingerprint density at radius 1 is 0.636 bits per heavy atom. The zero-order chi connectivity index (χ0) is 31.6. The van der Waals surface area contributed by atoms with Crippen molar-refractivity contribution in [3.8, 4) is 0 Å². The van der Waals surface area contributed by atoms with E-state index in [9.17, 15) is 9.59 Å². The van der Waals surface area contributed by atoms with Crippen LogP contribution in [0.2, 0.25) is 0 Å². The number of hydrogen-bond acceptors (Lipinski definition) is 2. The van der Waals surface area contributed by atoms with Crippen molar-refractivity contribution < 1.29 is 9.59 Å². The molecule has 0 aromatic heterocycles. The number of fused-ring (bicyclic) bond motifs is 2. The first-order valence-electron chi connectivity index (χ1n) is 15.5. The highest BCUT2D eigenvalue weighted by Crippen LogP contribution is 2.52. The molecule has 4 nitrogen and oxygen atoms in total. The van der Waals surface area contributed by atoms with Crippen molar-refractivity contribution in [2.75, 3.05) is 9.80 Å². The van der Waals surface area contributed by atoms with E-state index in [1.807, 2.05) is 78.2 Å². The van der Waals surface area contributed by atoms with Gasteiger partial charge in [0.1, 0.15) is 0 Å². The fourth-order valence-electron chi connectivity index (χ4n) is 7.54. The third-order valence-corrected chi connectivity index (χ3v) is 9.58. The Hall–Kier alpha value is -4.44. The van der Waals surface area contributed by atoms with E-state index in [2.05, 4.69) is 84.0 Å². The van der Waals surface area contributed by atoms with Gasteiger partial charge in [-0.1, -0.05) is 72.7 Å². The number of para-hydroxylation sites is 1. The molecule has 4 heteroatoms. The van der Waals surface area contributed by atoms with Gasteiger partial charge in [-0.15, -0.1) is 0 Å². The number of aryl methyl sites for hydroxylation is 2. The second-order valence-corrected chi connectivity index (χ2v) is 14.1. The third kappa shape index (κ3) is 4.77. The van der Waals surface area contributed by atoms with Crippen molar-refractivity contribution in [1.29, 1.82) is 0 Å². The fraction of sp³-hybridized carbons (Fsp3) is 0.300. The highest BCUT2D eigenvalue weighted by atomic mass is 16.2. The Bertz CT molecular complexity index is 1810. The van der Waals surface area contributed by atoms with Crippen LogP contribution in [-0.4, -0.2) is 22.9 Å².